The van der Waals surface area contributed by atoms with Gasteiger partial charge in [0.1, 0.15) is 5.82 Å². The van der Waals surface area contributed by atoms with Gasteiger partial charge in [0.25, 0.3) is 0 Å². The van der Waals surface area contributed by atoms with Gasteiger partial charge >= 0.3 is 11.8 Å². The number of benzene rings is 1. The van der Waals surface area contributed by atoms with Crippen LogP contribution in [0.25, 0.3) is 0 Å². The summed E-state index contributed by atoms with van der Waals surface area (Å²) in [5.74, 6) is -1.60. The molecule has 0 atom stereocenters. The van der Waals surface area contributed by atoms with Gasteiger partial charge in [-0.2, -0.15) is 0 Å². The quantitative estimate of drug-likeness (QED) is 0.770. The Bertz CT molecular complexity index is 779. The monoisotopic (exact) mass is 371 g/mol. The second-order valence-electron chi connectivity index (χ2n) is 6.23. The predicted octanol–water partition coefficient (Wildman–Crippen LogP) is 1.10. The van der Waals surface area contributed by atoms with Crippen LogP contribution in [-0.4, -0.2) is 61.0 Å². The third kappa shape index (κ3) is 5.24. The topological polar surface area (TPSA) is 77.6 Å². The number of amides is 2. The third-order valence-electron chi connectivity index (χ3n) is 4.40. The predicted molar refractivity (Wildman–Crippen MR) is 101 cm³/mol. The zero-order valence-corrected chi connectivity index (χ0v) is 14.9. The van der Waals surface area contributed by atoms with Crippen molar-refractivity contribution in [3.63, 3.8) is 0 Å². The molecule has 0 aliphatic carbocycles. The van der Waals surface area contributed by atoms with Crippen LogP contribution in [0.5, 0.6) is 0 Å². The van der Waals surface area contributed by atoms with Crippen molar-refractivity contribution in [2.24, 2.45) is 0 Å². The highest BCUT2D eigenvalue weighted by Crippen LogP contribution is 2.19. The molecule has 8 heteroatoms. The molecule has 1 aromatic heterocycles. The standard InChI is InChI=1S/C19H22FN5O2/c20-16-5-1-2-6-17(16)25-12-10-24(11-13-25)9-8-22-18(26)19(27)23-15-4-3-7-21-14-15/h1-7,14H,8-13H2,(H,22,26)(H,23,27). The van der Waals surface area contributed by atoms with Gasteiger partial charge in [-0.15, -0.1) is 0 Å². The first-order valence-electron chi connectivity index (χ1n) is 8.84. The number of para-hydroxylation sites is 1. The van der Waals surface area contributed by atoms with Crippen LogP contribution in [0.1, 0.15) is 0 Å². The van der Waals surface area contributed by atoms with Crippen LogP contribution >= 0.6 is 0 Å². The Kier molecular flexibility index (Phi) is 6.32. The van der Waals surface area contributed by atoms with Crippen LogP contribution < -0.4 is 15.5 Å². The molecule has 2 aromatic rings. The number of carbonyl (C=O) groups is 2. The van der Waals surface area contributed by atoms with Crippen molar-refractivity contribution in [2.45, 2.75) is 0 Å². The van der Waals surface area contributed by atoms with Crippen LogP contribution in [0.4, 0.5) is 15.8 Å². The van der Waals surface area contributed by atoms with Crippen LogP contribution in [0.15, 0.2) is 48.8 Å². The minimum Gasteiger partial charge on any atom is -0.367 e. The number of carbonyl (C=O) groups excluding carboxylic acids is 2. The van der Waals surface area contributed by atoms with Crippen molar-refractivity contribution in [2.75, 3.05) is 49.5 Å². The summed E-state index contributed by atoms with van der Waals surface area (Å²) in [4.78, 5) is 31.7. The van der Waals surface area contributed by atoms with E-state index in [4.69, 9.17) is 0 Å². The van der Waals surface area contributed by atoms with E-state index in [2.05, 4.69) is 20.5 Å². The molecule has 0 radical (unpaired) electrons. The molecule has 0 bridgehead atoms. The summed E-state index contributed by atoms with van der Waals surface area (Å²) < 4.78 is 13.9. The molecule has 0 saturated carbocycles. The van der Waals surface area contributed by atoms with E-state index in [-0.39, 0.29) is 5.82 Å². The van der Waals surface area contributed by atoms with Crippen molar-refractivity contribution in [1.29, 1.82) is 0 Å². The van der Waals surface area contributed by atoms with Gasteiger partial charge in [-0.1, -0.05) is 12.1 Å². The Labute approximate surface area is 157 Å². The van der Waals surface area contributed by atoms with Crippen molar-refractivity contribution in [3.8, 4) is 0 Å². The van der Waals surface area contributed by atoms with Gasteiger partial charge < -0.3 is 15.5 Å². The fourth-order valence-corrected chi connectivity index (χ4v) is 2.95. The zero-order chi connectivity index (χ0) is 19.1. The lowest BCUT2D eigenvalue weighted by Gasteiger charge is -2.36. The van der Waals surface area contributed by atoms with Gasteiger partial charge in [-0.3, -0.25) is 19.5 Å². The van der Waals surface area contributed by atoms with Crippen molar-refractivity contribution >= 4 is 23.2 Å². The summed E-state index contributed by atoms with van der Waals surface area (Å²) in [5, 5.41) is 5.11. The molecule has 2 heterocycles. The minimum atomic E-state index is -0.715. The number of hydrogen-bond donors (Lipinski definition) is 2. The molecule has 1 saturated heterocycles. The maximum atomic E-state index is 13.9. The van der Waals surface area contributed by atoms with Crippen molar-refractivity contribution in [3.05, 3.63) is 54.6 Å². The molecule has 142 valence electrons. The van der Waals surface area contributed by atoms with Gasteiger partial charge in [0.15, 0.2) is 0 Å². The molecule has 1 fully saturated rings. The van der Waals surface area contributed by atoms with E-state index in [0.717, 1.165) is 26.2 Å². The summed E-state index contributed by atoms with van der Waals surface area (Å²) in [7, 11) is 0. The summed E-state index contributed by atoms with van der Waals surface area (Å²) in [5.41, 5.74) is 1.10. The maximum absolute atomic E-state index is 13.9. The third-order valence-corrected chi connectivity index (χ3v) is 4.40. The van der Waals surface area contributed by atoms with Crippen LogP contribution in [0.2, 0.25) is 0 Å². The molecule has 1 aliphatic heterocycles. The number of nitrogens with one attached hydrogen (secondary N) is 2. The Morgan fingerprint density at radius 3 is 2.52 bits per heavy atom. The minimum absolute atomic E-state index is 0.210. The second-order valence-corrected chi connectivity index (χ2v) is 6.23. The van der Waals surface area contributed by atoms with Gasteiger partial charge in [-0.25, -0.2) is 4.39 Å². The number of pyridine rings is 1. The first-order valence-corrected chi connectivity index (χ1v) is 8.84. The van der Waals surface area contributed by atoms with Gasteiger partial charge in [0, 0.05) is 45.5 Å². The SMILES string of the molecule is O=C(NCCN1CCN(c2ccccc2F)CC1)C(=O)Nc1cccnc1. The van der Waals surface area contributed by atoms with Gasteiger partial charge in [-0.05, 0) is 24.3 Å². The molecule has 27 heavy (non-hydrogen) atoms. The Hall–Kier alpha value is -3.00. The van der Waals surface area contributed by atoms with E-state index in [1.165, 1.54) is 12.3 Å². The van der Waals surface area contributed by atoms with E-state index in [0.29, 0.717) is 24.5 Å². The average Bonchev–Trinajstić information content (AvgIpc) is 2.70. The van der Waals surface area contributed by atoms with Crippen LogP contribution in [0.3, 0.4) is 0 Å². The summed E-state index contributed by atoms with van der Waals surface area (Å²) >= 11 is 0. The molecule has 2 amide bonds. The van der Waals surface area contributed by atoms with Gasteiger partial charge in [0.05, 0.1) is 17.6 Å². The fraction of sp³-hybridized carbons (Fsp3) is 0.316. The van der Waals surface area contributed by atoms with E-state index < -0.39 is 11.8 Å². The number of piperazine rings is 1. The summed E-state index contributed by atoms with van der Waals surface area (Å²) in [6.07, 6.45) is 3.06. The number of hydrogen-bond acceptors (Lipinski definition) is 5. The molecular weight excluding hydrogens is 349 g/mol. The van der Waals surface area contributed by atoms with E-state index in [1.807, 2.05) is 11.0 Å². The number of rotatable bonds is 5. The van der Waals surface area contributed by atoms with Gasteiger partial charge in [0.2, 0.25) is 0 Å². The Morgan fingerprint density at radius 1 is 1.04 bits per heavy atom. The zero-order valence-electron chi connectivity index (χ0n) is 14.9. The molecule has 2 N–H and O–H groups in total. The first kappa shape index (κ1) is 18.8. The lowest BCUT2D eigenvalue weighted by Crippen LogP contribution is -2.49. The highest BCUT2D eigenvalue weighted by atomic mass is 19.1. The number of nitrogens with zero attached hydrogens (tertiary/aromatic N) is 3. The van der Waals surface area contributed by atoms with E-state index in [9.17, 15) is 14.0 Å². The molecule has 0 unspecified atom stereocenters. The largest absolute Gasteiger partial charge is 0.367 e. The fourth-order valence-electron chi connectivity index (χ4n) is 2.95. The Morgan fingerprint density at radius 2 is 1.81 bits per heavy atom. The maximum Gasteiger partial charge on any atom is 0.313 e. The molecule has 0 spiro atoms. The van der Waals surface area contributed by atoms with E-state index >= 15 is 0 Å². The summed E-state index contributed by atoms with van der Waals surface area (Å²) in [6.45, 7) is 3.99. The highest BCUT2D eigenvalue weighted by Gasteiger charge is 2.19. The molecule has 7 nitrogen and oxygen atoms in total. The number of aromatic nitrogens is 1. The molecular formula is C19H22FN5O2. The van der Waals surface area contributed by atoms with Crippen molar-refractivity contribution in [1.82, 2.24) is 15.2 Å². The lowest BCUT2D eigenvalue weighted by molar-refractivity contribution is -0.136. The van der Waals surface area contributed by atoms with Crippen molar-refractivity contribution < 1.29 is 14.0 Å². The normalized spacial score (nSPS) is 14.6. The number of halogens is 1. The molecule has 1 aliphatic rings. The van der Waals surface area contributed by atoms with Crippen LogP contribution in [-0.2, 0) is 9.59 Å². The lowest BCUT2D eigenvalue weighted by atomic mass is 10.2. The smallest absolute Gasteiger partial charge is 0.313 e. The molecule has 3 rings (SSSR count). The van der Waals surface area contributed by atoms with E-state index in [1.54, 1.807) is 30.5 Å². The second kappa shape index (κ2) is 9.09. The van der Waals surface area contributed by atoms with Crippen LogP contribution in [0, 0.1) is 5.82 Å². The average molecular weight is 371 g/mol. The number of anilines is 2. The highest BCUT2D eigenvalue weighted by molar-refractivity contribution is 6.39. The Balaban J connectivity index is 1.37. The molecule has 1 aromatic carbocycles. The first-order chi connectivity index (χ1) is 13.1. The summed E-state index contributed by atoms with van der Waals surface area (Å²) in [6, 6.07) is 10.1.